The minimum absolute atomic E-state index is 0.108. The number of amides is 1. The van der Waals surface area contributed by atoms with Gasteiger partial charge in [0, 0.05) is 10.6 Å². The van der Waals surface area contributed by atoms with Crippen LogP contribution in [-0.4, -0.2) is 27.3 Å². The van der Waals surface area contributed by atoms with Crippen LogP contribution in [0.25, 0.3) is 0 Å². The minimum atomic E-state index is -0.283. The molecule has 1 amide bonds. The fourth-order valence-corrected chi connectivity index (χ4v) is 3.98. The number of nitrogens with one attached hydrogen (secondary N) is 1. The summed E-state index contributed by atoms with van der Waals surface area (Å²) in [6.07, 6.45) is 1.68. The third-order valence-electron chi connectivity index (χ3n) is 4.54. The lowest BCUT2D eigenvalue weighted by atomic mass is 10.0. The summed E-state index contributed by atoms with van der Waals surface area (Å²) < 4.78 is 14.3. The number of carbonyl (C=O) groups excluding carboxylic acids is 1. The van der Waals surface area contributed by atoms with Gasteiger partial charge in [0.1, 0.15) is 12.9 Å². The van der Waals surface area contributed by atoms with E-state index in [-0.39, 0.29) is 18.4 Å². The summed E-state index contributed by atoms with van der Waals surface area (Å²) in [5.41, 5.74) is 1.75. The number of carbonyl (C=O) groups is 1. The number of rotatable bonds is 6. The van der Waals surface area contributed by atoms with E-state index in [2.05, 4.69) is 31.3 Å². The molecule has 0 fully saturated rings. The van der Waals surface area contributed by atoms with Crippen LogP contribution < -0.4 is 14.8 Å². The highest BCUT2D eigenvalue weighted by Gasteiger charge is 2.29. The van der Waals surface area contributed by atoms with E-state index in [1.165, 1.54) is 6.33 Å². The number of hydrogen-bond acceptors (Lipinski definition) is 5. The number of anilines is 1. The van der Waals surface area contributed by atoms with E-state index in [4.69, 9.17) is 21.1 Å². The van der Waals surface area contributed by atoms with Crippen LogP contribution in [0.1, 0.15) is 30.5 Å². The smallest absolute Gasteiger partial charge is 0.229 e. The van der Waals surface area contributed by atoms with Gasteiger partial charge in [0.25, 0.3) is 0 Å². The Bertz CT molecular complexity index is 1060. The van der Waals surface area contributed by atoms with Gasteiger partial charge in [-0.05, 0) is 46.6 Å². The Morgan fingerprint density at radius 3 is 2.93 bits per heavy atom. The van der Waals surface area contributed by atoms with E-state index in [9.17, 15) is 4.79 Å². The summed E-state index contributed by atoms with van der Waals surface area (Å²) in [6, 6.07) is 11.0. The largest absolute Gasteiger partial charge is 0.490 e. The van der Waals surface area contributed by atoms with Gasteiger partial charge >= 0.3 is 0 Å². The summed E-state index contributed by atoms with van der Waals surface area (Å²) >= 11 is 9.82. The minimum Gasteiger partial charge on any atom is -0.490 e. The molecule has 4 rings (SSSR count). The molecule has 0 bridgehead atoms. The zero-order chi connectivity index (χ0) is 20.4. The van der Waals surface area contributed by atoms with Crippen molar-refractivity contribution < 1.29 is 14.3 Å². The average molecular weight is 478 g/mol. The molecule has 0 aliphatic carbocycles. The fourth-order valence-electron chi connectivity index (χ4n) is 3.21. The zero-order valence-electron chi connectivity index (χ0n) is 15.6. The SMILES string of the molecule is CCOc1cc(C2CC(=O)Nc3ncnn32)cc(Br)c1OCc1ccccc1Cl. The van der Waals surface area contributed by atoms with E-state index >= 15 is 0 Å². The molecule has 29 heavy (non-hydrogen) atoms. The highest BCUT2D eigenvalue weighted by Crippen LogP contribution is 2.41. The number of aromatic nitrogens is 3. The first-order chi connectivity index (χ1) is 14.1. The van der Waals surface area contributed by atoms with Crippen LogP contribution in [0.15, 0.2) is 47.2 Å². The molecule has 1 aliphatic heterocycles. The fraction of sp³-hybridized carbons (Fsp3) is 0.250. The highest BCUT2D eigenvalue weighted by atomic mass is 79.9. The van der Waals surface area contributed by atoms with Crippen molar-refractivity contribution in [3.8, 4) is 11.5 Å². The summed E-state index contributed by atoms with van der Waals surface area (Å²) in [5, 5.41) is 7.61. The van der Waals surface area contributed by atoms with Gasteiger partial charge < -0.3 is 9.47 Å². The Morgan fingerprint density at radius 1 is 1.31 bits per heavy atom. The highest BCUT2D eigenvalue weighted by molar-refractivity contribution is 9.10. The monoisotopic (exact) mass is 476 g/mol. The normalized spacial score (nSPS) is 15.6. The van der Waals surface area contributed by atoms with Gasteiger partial charge in [0.05, 0.1) is 23.5 Å². The van der Waals surface area contributed by atoms with Crippen molar-refractivity contribution in [1.82, 2.24) is 14.8 Å². The summed E-state index contributed by atoms with van der Waals surface area (Å²) in [5.74, 6) is 1.48. The Morgan fingerprint density at radius 2 is 2.14 bits per heavy atom. The first kappa shape index (κ1) is 19.7. The standard InChI is InChI=1S/C20H18BrClN4O3/c1-2-28-17-8-13(16-9-18(27)25-20-23-11-24-26(16)20)7-14(21)19(17)29-10-12-5-3-4-6-15(12)22/h3-8,11,16H,2,9-10H2,1H3,(H,23,24,25,27). The van der Waals surface area contributed by atoms with Crippen molar-refractivity contribution in [1.29, 1.82) is 0 Å². The first-order valence-electron chi connectivity index (χ1n) is 9.08. The first-order valence-corrected chi connectivity index (χ1v) is 10.3. The van der Waals surface area contributed by atoms with Crippen molar-refractivity contribution >= 4 is 39.4 Å². The van der Waals surface area contributed by atoms with Crippen LogP contribution in [0, 0.1) is 0 Å². The lowest BCUT2D eigenvalue weighted by Crippen LogP contribution is -2.29. The lowest BCUT2D eigenvalue weighted by molar-refractivity contribution is -0.117. The van der Waals surface area contributed by atoms with Crippen molar-refractivity contribution in [3.63, 3.8) is 0 Å². The van der Waals surface area contributed by atoms with E-state index < -0.39 is 0 Å². The summed E-state index contributed by atoms with van der Waals surface area (Å²) in [7, 11) is 0. The molecule has 0 saturated heterocycles. The molecule has 7 nitrogen and oxygen atoms in total. The topological polar surface area (TPSA) is 78.3 Å². The summed E-state index contributed by atoms with van der Waals surface area (Å²) in [6.45, 7) is 2.68. The predicted octanol–water partition coefficient (Wildman–Crippen LogP) is 4.60. The summed E-state index contributed by atoms with van der Waals surface area (Å²) in [4.78, 5) is 16.2. The quantitative estimate of drug-likeness (QED) is 0.561. The van der Waals surface area contributed by atoms with E-state index in [1.807, 2.05) is 43.3 Å². The molecule has 150 valence electrons. The number of benzene rings is 2. The third kappa shape index (κ3) is 4.09. The Balaban J connectivity index is 1.67. The zero-order valence-corrected chi connectivity index (χ0v) is 17.9. The molecule has 1 aliphatic rings. The van der Waals surface area contributed by atoms with Crippen molar-refractivity contribution in [3.05, 3.63) is 63.3 Å². The van der Waals surface area contributed by atoms with Gasteiger partial charge in [-0.2, -0.15) is 10.1 Å². The molecular formula is C20H18BrClN4O3. The Labute approximate surface area is 181 Å². The number of nitrogens with zero attached hydrogens (tertiary/aromatic N) is 3. The lowest BCUT2D eigenvalue weighted by Gasteiger charge is -2.25. The van der Waals surface area contributed by atoms with Crippen molar-refractivity contribution in [2.45, 2.75) is 26.0 Å². The van der Waals surface area contributed by atoms with Crippen LogP contribution in [0.5, 0.6) is 11.5 Å². The van der Waals surface area contributed by atoms with Gasteiger partial charge in [-0.1, -0.05) is 29.8 Å². The molecule has 9 heteroatoms. The molecule has 0 spiro atoms. The molecule has 1 atom stereocenters. The molecule has 2 heterocycles. The molecule has 0 radical (unpaired) electrons. The maximum atomic E-state index is 12.1. The van der Waals surface area contributed by atoms with Crippen molar-refractivity contribution in [2.24, 2.45) is 0 Å². The Kier molecular flexibility index (Phi) is 5.73. The molecule has 1 unspecified atom stereocenters. The molecular weight excluding hydrogens is 460 g/mol. The second kappa shape index (κ2) is 8.42. The van der Waals surface area contributed by atoms with Crippen LogP contribution in [0.4, 0.5) is 5.95 Å². The molecule has 3 aromatic rings. The molecule has 0 saturated carbocycles. The number of hydrogen-bond donors (Lipinski definition) is 1. The maximum absolute atomic E-state index is 12.1. The second-order valence-electron chi connectivity index (χ2n) is 6.44. The number of fused-ring (bicyclic) bond motifs is 1. The maximum Gasteiger partial charge on any atom is 0.229 e. The predicted molar refractivity (Wildman–Crippen MR) is 113 cm³/mol. The van der Waals surface area contributed by atoms with E-state index in [0.717, 1.165) is 15.6 Å². The number of halogens is 2. The van der Waals surface area contributed by atoms with Gasteiger partial charge in [-0.3, -0.25) is 10.1 Å². The molecule has 1 aromatic heterocycles. The van der Waals surface area contributed by atoms with Crippen LogP contribution in [0.2, 0.25) is 5.02 Å². The number of ether oxygens (including phenoxy) is 2. The average Bonchev–Trinajstić information content (AvgIpc) is 3.16. The van der Waals surface area contributed by atoms with Crippen LogP contribution in [-0.2, 0) is 11.4 Å². The van der Waals surface area contributed by atoms with E-state index in [1.54, 1.807) is 4.68 Å². The molecule has 2 aromatic carbocycles. The Hall–Kier alpha value is -2.58. The molecule has 1 N–H and O–H groups in total. The van der Waals surface area contributed by atoms with Gasteiger partial charge in [-0.15, -0.1) is 0 Å². The van der Waals surface area contributed by atoms with Gasteiger partial charge in [0.15, 0.2) is 11.5 Å². The van der Waals surface area contributed by atoms with Crippen LogP contribution >= 0.6 is 27.5 Å². The second-order valence-corrected chi connectivity index (χ2v) is 7.70. The van der Waals surface area contributed by atoms with Gasteiger partial charge in [-0.25, -0.2) is 4.68 Å². The van der Waals surface area contributed by atoms with Gasteiger partial charge in [0.2, 0.25) is 11.9 Å². The van der Waals surface area contributed by atoms with E-state index in [0.29, 0.717) is 35.7 Å². The van der Waals surface area contributed by atoms with Crippen LogP contribution in [0.3, 0.4) is 0 Å². The van der Waals surface area contributed by atoms with Crippen molar-refractivity contribution in [2.75, 3.05) is 11.9 Å². The third-order valence-corrected chi connectivity index (χ3v) is 5.50.